The molecule has 5 aliphatic carbocycles. The Hall–Kier alpha value is -1.84. The minimum absolute atomic E-state index is 0.000687. The largest absolute Gasteiger partial charge is 0.481 e. The number of carboxylic acid groups (broad SMARTS) is 1. The van der Waals surface area contributed by atoms with Crippen LogP contribution in [0.3, 0.4) is 0 Å². The summed E-state index contributed by atoms with van der Waals surface area (Å²) in [5.74, 6) is -1.13. The van der Waals surface area contributed by atoms with Crippen LogP contribution in [0.4, 0.5) is 0 Å². The molecule has 3 heterocycles. The highest BCUT2D eigenvalue weighted by atomic mass is 16.8. The number of aliphatic hydroxyl groups is 7. The summed E-state index contributed by atoms with van der Waals surface area (Å²) in [5, 5.41) is 88.4. The van der Waals surface area contributed by atoms with Gasteiger partial charge in [0.25, 0.3) is 0 Å². The standard InChI is InChI=1S/C48H76O17/c1-23-32(53)37(64-39-34(55)36(62-24(2)50)28(52)21-59-39)35(56)40(61-23)65-38-33(54)27(51)20-60-41(38)63-31-12-13-44(5)29(45(31,6)22-49)11-14-47(8)30(44)10-9-25-26-19-43(3,4)15-17-48(26,42(57)58)18-16-46(25,47)7/h9,23,26-41,49,51-56H,10-22H2,1-8H3,(H,57,58)/t23-,26-,27-,28+,29+,30-,31-,32-,33-,34+,35+,36-,37+,38+,39-,40-,41-,44-,45-,46+,47+,48-/m0/s1. The van der Waals surface area contributed by atoms with Crippen molar-refractivity contribution in [2.75, 3.05) is 19.8 Å². The van der Waals surface area contributed by atoms with Gasteiger partial charge in [0, 0.05) is 12.3 Å². The van der Waals surface area contributed by atoms with E-state index in [-0.39, 0.29) is 59.2 Å². The van der Waals surface area contributed by atoms with Crippen LogP contribution in [0.5, 0.6) is 0 Å². The van der Waals surface area contributed by atoms with E-state index in [0.29, 0.717) is 19.3 Å². The van der Waals surface area contributed by atoms with Gasteiger partial charge < -0.3 is 74.0 Å². The Kier molecular flexibility index (Phi) is 13.4. The maximum Gasteiger partial charge on any atom is 0.310 e. The number of rotatable bonds is 9. The lowest BCUT2D eigenvalue weighted by Gasteiger charge is -2.71. The first-order valence-electron chi connectivity index (χ1n) is 24.0. The normalized spacial score (nSPS) is 53.0. The first-order valence-corrected chi connectivity index (χ1v) is 24.0. The molecule has 8 aliphatic rings. The van der Waals surface area contributed by atoms with Crippen molar-refractivity contribution in [2.45, 2.75) is 206 Å². The molecule has 65 heavy (non-hydrogen) atoms. The molecule has 0 aromatic carbocycles. The summed E-state index contributed by atoms with van der Waals surface area (Å²) in [4.78, 5) is 24.8. The molecule has 4 saturated carbocycles. The zero-order valence-electron chi connectivity index (χ0n) is 39.3. The van der Waals surface area contributed by atoms with E-state index >= 15 is 0 Å². The lowest BCUT2D eigenvalue weighted by atomic mass is 9.33. The minimum Gasteiger partial charge on any atom is -0.481 e. The molecular formula is C48H76O17. The molecular weight excluding hydrogens is 849 g/mol. The van der Waals surface area contributed by atoms with Crippen LogP contribution in [0.2, 0.25) is 0 Å². The average molecular weight is 925 g/mol. The van der Waals surface area contributed by atoms with Gasteiger partial charge >= 0.3 is 11.9 Å². The smallest absolute Gasteiger partial charge is 0.310 e. The second kappa shape index (κ2) is 17.5. The number of allylic oxidation sites excluding steroid dienone is 2. The molecule has 17 nitrogen and oxygen atoms in total. The Bertz CT molecular complexity index is 1810. The van der Waals surface area contributed by atoms with E-state index in [1.165, 1.54) is 12.5 Å². The van der Waals surface area contributed by atoms with Gasteiger partial charge in [-0.3, -0.25) is 9.59 Å². The van der Waals surface area contributed by atoms with Gasteiger partial charge in [-0.25, -0.2) is 0 Å². The van der Waals surface area contributed by atoms with Crippen LogP contribution in [-0.2, 0) is 42.7 Å². The first-order chi connectivity index (χ1) is 30.4. The highest BCUT2D eigenvalue weighted by Crippen LogP contribution is 2.76. The van der Waals surface area contributed by atoms with E-state index in [1.54, 1.807) is 0 Å². The van der Waals surface area contributed by atoms with Gasteiger partial charge in [0.15, 0.2) is 25.0 Å². The second-order valence-corrected chi connectivity index (χ2v) is 23.0. The fraction of sp³-hybridized carbons (Fsp3) is 0.917. The Labute approximate surface area is 382 Å². The molecule has 0 bridgehead atoms. The third-order valence-corrected chi connectivity index (χ3v) is 19.0. The van der Waals surface area contributed by atoms with E-state index < -0.39 is 109 Å². The van der Waals surface area contributed by atoms with Crippen molar-refractivity contribution >= 4 is 11.9 Å². The summed E-state index contributed by atoms with van der Waals surface area (Å²) in [6.07, 6.45) is -9.35. The van der Waals surface area contributed by atoms with Crippen LogP contribution in [0, 0.1) is 50.2 Å². The van der Waals surface area contributed by atoms with Gasteiger partial charge in [0.2, 0.25) is 0 Å². The number of carboxylic acids is 1. The monoisotopic (exact) mass is 925 g/mol. The zero-order valence-corrected chi connectivity index (χ0v) is 39.3. The number of esters is 1. The van der Waals surface area contributed by atoms with Crippen molar-refractivity contribution in [1.82, 2.24) is 0 Å². The van der Waals surface area contributed by atoms with Gasteiger partial charge in [-0.2, -0.15) is 0 Å². The molecule has 17 heteroatoms. The van der Waals surface area contributed by atoms with Gasteiger partial charge in [-0.1, -0.05) is 53.2 Å². The number of ether oxygens (including phenoxy) is 7. The fourth-order valence-electron chi connectivity index (χ4n) is 14.9. The highest BCUT2D eigenvalue weighted by molar-refractivity contribution is 5.76. The van der Waals surface area contributed by atoms with Crippen molar-refractivity contribution in [2.24, 2.45) is 50.2 Å². The molecule has 370 valence electrons. The van der Waals surface area contributed by atoms with Crippen molar-refractivity contribution in [3.8, 4) is 0 Å². The lowest BCUT2D eigenvalue weighted by molar-refractivity contribution is -0.379. The molecule has 8 rings (SSSR count). The molecule has 0 amide bonds. The molecule has 0 aromatic rings. The zero-order chi connectivity index (χ0) is 47.4. The Morgan fingerprint density at radius 2 is 1.37 bits per heavy atom. The number of hydrogen-bond donors (Lipinski definition) is 8. The first kappa shape index (κ1) is 49.6. The molecule has 22 atom stereocenters. The maximum absolute atomic E-state index is 13.1. The third-order valence-electron chi connectivity index (χ3n) is 19.0. The Morgan fingerprint density at radius 3 is 2.05 bits per heavy atom. The minimum atomic E-state index is -1.76. The predicted molar refractivity (Wildman–Crippen MR) is 228 cm³/mol. The van der Waals surface area contributed by atoms with Crippen molar-refractivity contribution in [1.29, 1.82) is 0 Å². The van der Waals surface area contributed by atoms with Crippen LogP contribution >= 0.6 is 0 Å². The van der Waals surface area contributed by atoms with Gasteiger partial charge in [-0.05, 0) is 111 Å². The van der Waals surface area contributed by atoms with Crippen LogP contribution in [0.25, 0.3) is 0 Å². The van der Waals surface area contributed by atoms with Gasteiger partial charge in [-0.15, -0.1) is 0 Å². The van der Waals surface area contributed by atoms with Crippen LogP contribution < -0.4 is 0 Å². The summed E-state index contributed by atoms with van der Waals surface area (Å²) in [5.41, 5.74) is -0.583. The molecule has 0 spiro atoms. The summed E-state index contributed by atoms with van der Waals surface area (Å²) in [6, 6.07) is 0. The summed E-state index contributed by atoms with van der Waals surface area (Å²) in [6.45, 7) is 15.6. The van der Waals surface area contributed by atoms with Crippen LogP contribution in [0.15, 0.2) is 11.6 Å². The molecule has 0 unspecified atom stereocenters. The number of carbonyl (C=O) groups is 2. The van der Waals surface area contributed by atoms with Crippen LogP contribution in [-0.4, -0.2) is 159 Å². The van der Waals surface area contributed by atoms with Crippen molar-refractivity contribution in [3.05, 3.63) is 11.6 Å². The SMILES string of the molecule is CC(=O)O[C@@H]1[C@@H](O)[C@H](O[C@@H]2[C@@H](O)[C@H](C)O[C@@H](O[C@H]3[C@H](O[C@H]4CC[C@@]5(C)[C@@H](CC[C@]6(C)[C@H]5CC=C5[C@@H]7CC(C)(C)CC[C@]7(C(=O)O)CC[C@]56C)[C@]4(C)CO)OC[C@H](O)[C@@H]3O)[C@@H]2O)OC[C@H]1O. The molecule has 3 aliphatic heterocycles. The molecule has 0 radical (unpaired) electrons. The second-order valence-electron chi connectivity index (χ2n) is 23.0. The quantitative estimate of drug-likeness (QED) is 0.0939. The van der Waals surface area contributed by atoms with E-state index in [4.69, 9.17) is 33.2 Å². The number of fused-ring (bicyclic) bond motifs is 7. The Morgan fingerprint density at radius 1 is 0.723 bits per heavy atom. The van der Waals surface area contributed by atoms with Crippen molar-refractivity contribution in [3.63, 3.8) is 0 Å². The number of aliphatic carboxylic acids is 1. The number of aliphatic hydroxyl groups excluding tert-OH is 7. The molecule has 0 aromatic heterocycles. The molecule has 3 saturated heterocycles. The summed E-state index contributed by atoms with van der Waals surface area (Å²) >= 11 is 0. The maximum atomic E-state index is 13.1. The fourth-order valence-corrected chi connectivity index (χ4v) is 14.9. The van der Waals surface area contributed by atoms with E-state index in [2.05, 4.69) is 47.6 Å². The molecule has 8 N–H and O–H groups in total. The third kappa shape index (κ3) is 7.96. The lowest BCUT2D eigenvalue weighted by Crippen LogP contribution is -2.67. The molecule has 7 fully saturated rings. The van der Waals surface area contributed by atoms with Gasteiger partial charge in [0.1, 0.15) is 48.8 Å². The predicted octanol–water partition coefficient (Wildman–Crippen LogP) is 2.56. The summed E-state index contributed by atoms with van der Waals surface area (Å²) < 4.78 is 41.4. The number of hydrogen-bond acceptors (Lipinski definition) is 16. The Balaban J connectivity index is 1.01. The van der Waals surface area contributed by atoms with Crippen LogP contribution in [0.1, 0.15) is 120 Å². The van der Waals surface area contributed by atoms with Gasteiger partial charge in [0.05, 0.1) is 37.4 Å². The summed E-state index contributed by atoms with van der Waals surface area (Å²) in [7, 11) is 0. The van der Waals surface area contributed by atoms with E-state index in [1.807, 2.05) is 0 Å². The van der Waals surface area contributed by atoms with E-state index in [9.17, 15) is 50.4 Å². The number of carbonyl (C=O) groups excluding carboxylic acids is 1. The average Bonchev–Trinajstić information content (AvgIpc) is 3.24. The topological polar surface area (TPSA) is 261 Å². The van der Waals surface area contributed by atoms with Crippen molar-refractivity contribution < 1.29 is 83.6 Å². The van der Waals surface area contributed by atoms with E-state index in [0.717, 1.165) is 51.9 Å². The highest BCUT2D eigenvalue weighted by Gasteiger charge is 2.70.